The lowest BCUT2D eigenvalue weighted by atomic mass is 9.81. The molecule has 23 heavy (non-hydrogen) atoms. The lowest BCUT2D eigenvalue weighted by Crippen LogP contribution is -2.23. The van der Waals surface area contributed by atoms with Crippen molar-refractivity contribution >= 4 is 0 Å². The number of nitrogens with zero attached hydrogens (tertiary/aromatic N) is 2. The topological polar surface area (TPSA) is 110 Å². The van der Waals surface area contributed by atoms with E-state index in [1.165, 1.54) is 0 Å². The van der Waals surface area contributed by atoms with E-state index in [-0.39, 0.29) is 5.48 Å². The van der Waals surface area contributed by atoms with Crippen molar-refractivity contribution in [1.82, 2.24) is 5.32 Å². The molecular formula is C17H19N3O3. The van der Waals surface area contributed by atoms with Gasteiger partial charge in [-0.25, -0.2) is 0 Å². The molecule has 0 spiro atoms. The van der Waals surface area contributed by atoms with Crippen molar-refractivity contribution in [3.8, 4) is 23.6 Å². The Labute approximate surface area is 135 Å². The predicted molar refractivity (Wildman–Crippen MR) is 85.7 cm³/mol. The number of hydrogen-bond donors (Lipinski definition) is 1. The molecule has 1 aliphatic heterocycles. The van der Waals surface area contributed by atoms with Crippen molar-refractivity contribution in [2.24, 2.45) is 0 Å². The van der Waals surface area contributed by atoms with Gasteiger partial charge in [-0.2, -0.15) is 10.5 Å². The molecule has 1 heterocycles. The summed E-state index contributed by atoms with van der Waals surface area (Å²) in [4.78, 5) is 0. The maximum atomic E-state index is 9.53. The van der Waals surface area contributed by atoms with Crippen molar-refractivity contribution in [2.75, 3.05) is 14.2 Å². The Hall–Kier alpha value is -2.96. The molecule has 6 nitrogen and oxygen atoms in total. The van der Waals surface area contributed by atoms with Crippen molar-refractivity contribution in [3.63, 3.8) is 0 Å². The van der Waals surface area contributed by atoms with Crippen LogP contribution in [0.3, 0.4) is 0 Å². The van der Waals surface area contributed by atoms with Crippen LogP contribution < -0.4 is 14.8 Å². The fourth-order valence-electron chi connectivity index (χ4n) is 2.74. The third-order valence-electron chi connectivity index (χ3n) is 3.75. The Morgan fingerprint density at radius 2 is 1.57 bits per heavy atom. The molecule has 1 aromatic rings. The highest BCUT2D eigenvalue weighted by molar-refractivity contribution is 5.60. The number of ether oxygens (including phenoxy) is 2. The van der Waals surface area contributed by atoms with E-state index < -0.39 is 5.92 Å². The Balaban J connectivity index is 0.00000264. The smallest absolute Gasteiger partial charge is 0.164 e. The molecule has 0 bridgehead atoms. The molecule has 1 aliphatic rings. The third kappa shape index (κ3) is 2.98. The number of allylic oxidation sites excluding steroid dienone is 4. The summed E-state index contributed by atoms with van der Waals surface area (Å²) in [5, 5.41) is 22.2. The molecule has 0 aliphatic carbocycles. The van der Waals surface area contributed by atoms with E-state index in [1.54, 1.807) is 20.3 Å². The molecular weight excluding hydrogens is 294 g/mol. The van der Waals surface area contributed by atoms with Crippen molar-refractivity contribution in [1.29, 1.82) is 10.5 Å². The Bertz CT molecular complexity index is 715. The lowest BCUT2D eigenvalue weighted by Gasteiger charge is -2.27. The van der Waals surface area contributed by atoms with Crippen LogP contribution in [-0.2, 0) is 0 Å². The predicted octanol–water partition coefficient (Wildman–Crippen LogP) is 2.16. The van der Waals surface area contributed by atoms with Gasteiger partial charge in [0, 0.05) is 17.0 Å². The van der Waals surface area contributed by atoms with E-state index in [1.807, 2.05) is 26.0 Å². The minimum Gasteiger partial charge on any atom is -0.493 e. The maximum absolute atomic E-state index is 9.53. The van der Waals surface area contributed by atoms with Crippen molar-refractivity contribution in [2.45, 2.75) is 19.8 Å². The van der Waals surface area contributed by atoms with Crippen LogP contribution in [0.25, 0.3) is 0 Å². The van der Waals surface area contributed by atoms with Crippen LogP contribution in [0.1, 0.15) is 25.3 Å². The van der Waals surface area contributed by atoms with Crippen LogP contribution in [0, 0.1) is 22.7 Å². The largest absolute Gasteiger partial charge is 0.493 e. The summed E-state index contributed by atoms with van der Waals surface area (Å²) >= 11 is 0. The van der Waals surface area contributed by atoms with Gasteiger partial charge in [0.15, 0.2) is 11.5 Å². The summed E-state index contributed by atoms with van der Waals surface area (Å²) in [6, 6.07) is 9.89. The Kier molecular flexibility index (Phi) is 5.78. The number of dihydropyridines is 1. The van der Waals surface area contributed by atoms with Gasteiger partial charge in [0.2, 0.25) is 0 Å². The van der Waals surface area contributed by atoms with Crippen LogP contribution in [0.15, 0.2) is 40.7 Å². The fraction of sp³-hybridized carbons (Fsp3) is 0.294. The normalized spacial score (nSPS) is 14.3. The van der Waals surface area contributed by atoms with E-state index in [2.05, 4.69) is 17.5 Å². The highest BCUT2D eigenvalue weighted by atomic mass is 16.5. The Morgan fingerprint density at radius 3 is 2.00 bits per heavy atom. The van der Waals surface area contributed by atoms with E-state index in [9.17, 15) is 10.5 Å². The molecule has 6 heteroatoms. The molecule has 0 unspecified atom stereocenters. The number of benzene rings is 1. The first-order chi connectivity index (χ1) is 10.6. The zero-order chi connectivity index (χ0) is 16.3. The molecule has 120 valence electrons. The second-order valence-electron chi connectivity index (χ2n) is 4.94. The molecule has 0 saturated heterocycles. The van der Waals surface area contributed by atoms with Gasteiger partial charge in [0.25, 0.3) is 0 Å². The molecule has 0 fully saturated rings. The van der Waals surface area contributed by atoms with Gasteiger partial charge in [-0.05, 0) is 19.9 Å². The molecule has 0 atom stereocenters. The van der Waals surface area contributed by atoms with E-state index >= 15 is 0 Å². The average Bonchev–Trinajstić information content (AvgIpc) is 2.53. The molecule has 0 radical (unpaired) electrons. The van der Waals surface area contributed by atoms with Gasteiger partial charge in [-0.15, -0.1) is 0 Å². The highest BCUT2D eigenvalue weighted by Gasteiger charge is 2.32. The van der Waals surface area contributed by atoms with E-state index in [0.29, 0.717) is 22.6 Å². The SMILES string of the molecule is COc1cccc(C2C(C#N)=C(C)NC(C)=C2C#N)c1OC.O. The zero-order valence-electron chi connectivity index (χ0n) is 13.5. The summed E-state index contributed by atoms with van der Waals surface area (Å²) in [5.41, 5.74) is 3.25. The summed E-state index contributed by atoms with van der Waals surface area (Å²) in [6.45, 7) is 3.66. The summed E-state index contributed by atoms with van der Waals surface area (Å²) in [5.74, 6) is 0.655. The number of rotatable bonds is 3. The molecule has 2 rings (SSSR count). The van der Waals surface area contributed by atoms with Gasteiger partial charge in [-0.3, -0.25) is 0 Å². The minimum absolute atomic E-state index is 0. The average molecular weight is 313 g/mol. The molecule has 3 N–H and O–H groups in total. The molecule has 1 aromatic carbocycles. The first-order valence-electron chi connectivity index (χ1n) is 6.78. The molecule has 0 amide bonds. The van der Waals surface area contributed by atoms with Gasteiger partial charge in [0.1, 0.15) is 0 Å². The zero-order valence-corrected chi connectivity index (χ0v) is 13.5. The van der Waals surface area contributed by atoms with E-state index in [4.69, 9.17) is 9.47 Å². The fourth-order valence-corrected chi connectivity index (χ4v) is 2.74. The summed E-state index contributed by atoms with van der Waals surface area (Å²) < 4.78 is 10.8. The first kappa shape index (κ1) is 18.1. The minimum atomic E-state index is -0.457. The van der Waals surface area contributed by atoms with Crippen LogP contribution in [0.2, 0.25) is 0 Å². The second kappa shape index (κ2) is 7.35. The summed E-state index contributed by atoms with van der Waals surface area (Å²) in [7, 11) is 3.11. The molecule has 0 saturated carbocycles. The van der Waals surface area contributed by atoms with Gasteiger partial charge in [0.05, 0.1) is 43.4 Å². The Morgan fingerprint density at radius 1 is 1.00 bits per heavy atom. The van der Waals surface area contributed by atoms with Gasteiger partial charge < -0.3 is 20.3 Å². The van der Waals surface area contributed by atoms with Crippen LogP contribution >= 0.6 is 0 Å². The van der Waals surface area contributed by atoms with Crippen LogP contribution in [0.4, 0.5) is 0 Å². The first-order valence-corrected chi connectivity index (χ1v) is 6.78. The second-order valence-corrected chi connectivity index (χ2v) is 4.94. The maximum Gasteiger partial charge on any atom is 0.164 e. The number of para-hydroxylation sites is 1. The van der Waals surface area contributed by atoms with Gasteiger partial charge >= 0.3 is 0 Å². The summed E-state index contributed by atoms with van der Waals surface area (Å²) in [6.07, 6.45) is 0. The number of hydrogen-bond acceptors (Lipinski definition) is 5. The van der Waals surface area contributed by atoms with Crippen molar-refractivity contribution < 1.29 is 14.9 Å². The number of methoxy groups -OCH3 is 2. The van der Waals surface area contributed by atoms with Crippen molar-refractivity contribution in [3.05, 3.63) is 46.3 Å². The van der Waals surface area contributed by atoms with Gasteiger partial charge in [-0.1, -0.05) is 12.1 Å². The standard InChI is InChI=1S/C17H17N3O2.H2O/c1-10-13(8-18)16(14(9-19)11(2)20-10)12-6-5-7-15(21-3)17(12)22-4;/h5-7,16,20H,1-4H3;1H2. The molecule has 0 aromatic heterocycles. The number of nitriles is 2. The highest BCUT2D eigenvalue weighted by Crippen LogP contribution is 2.44. The van der Waals surface area contributed by atoms with Crippen LogP contribution in [0.5, 0.6) is 11.5 Å². The van der Waals surface area contributed by atoms with Crippen LogP contribution in [-0.4, -0.2) is 19.7 Å². The number of nitrogens with one attached hydrogen (secondary N) is 1. The lowest BCUT2D eigenvalue weighted by molar-refractivity contribution is 0.351. The van der Waals surface area contributed by atoms with E-state index in [0.717, 1.165) is 17.0 Å². The third-order valence-corrected chi connectivity index (χ3v) is 3.75. The monoisotopic (exact) mass is 313 g/mol. The quantitative estimate of drug-likeness (QED) is 0.919.